The Morgan fingerprint density at radius 3 is 2.81 bits per heavy atom. The maximum Gasteiger partial charge on any atom is 0.123 e. The molecule has 0 spiro atoms. The molecule has 1 fully saturated rings. The maximum absolute atomic E-state index is 13.0. The van der Waals surface area contributed by atoms with Crippen LogP contribution in [0.3, 0.4) is 0 Å². The molecule has 0 aromatic heterocycles. The largest absolute Gasteiger partial charge is 0.371 e. The molecule has 2 nitrogen and oxygen atoms in total. The topological polar surface area (TPSA) is 29.3 Å². The van der Waals surface area contributed by atoms with Crippen LogP contribution in [0.5, 0.6) is 0 Å². The van der Waals surface area contributed by atoms with Crippen molar-refractivity contribution in [2.75, 3.05) is 18.0 Å². The number of halogens is 1. The van der Waals surface area contributed by atoms with E-state index in [1.807, 2.05) is 13.0 Å². The molecule has 1 aliphatic rings. The maximum atomic E-state index is 13.0. The summed E-state index contributed by atoms with van der Waals surface area (Å²) in [7, 11) is 0. The van der Waals surface area contributed by atoms with Crippen LogP contribution in [0.2, 0.25) is 0 Å². The molecule has 0 radical (unpaired) electrons. The number of nitrogens with zero attached hydrogens (tertiary/aromatic N) is 1. The lowest BCUT2D eigenvalue weighted by Gasteiger charge is -2.37. The highest BCUT2D eigenvalue weighted by molar-refractivity contribution is 5.53. The molecule has 0 bridgehead atoms. The van der Waals surface area contributed by atoms with Gasteiger partial charge in [0.2, 0.25) is 0 Å². The van der Waals surface area contributed by atoms with Gasteiger partial charge in [0.25, 0.3) is 0 Å². The van der Waals surface area contributed by atoms with E-state index in [-0.39, 0.29) is 5.82 Å². The second-order valence-electron chi connectivity index (χ2n) is 4.81. The van der Waals surface area contributed by atoms with Crippen molar-refractivity contribution in [1.82, 2.24) is 0 Å². The Morgan fingerprint density at radius 2 is 2.19 bits per heavy atom. The number of hydrogen-bond acceptors (Lipinski definition) is 2. The summed E-state index contributed by atoms with van der Waals surface area (Å²) in [5, 5.41) is 0. The average molecular weight is 222 g/mol. The van der Waals surface area contributed by atoms with Crippen molar-refractivity contribution < 1.29 is 4.39 Å². The van der Waals surface area contributed by atoms with Crippen LogP contribution in [0, 0.1) is 18.7 Å². The van der Waals surface area contributed by atoms with Gasteiger partial charge in [-0.15, -0.1) is 0 Å². The molecule has 0 aliphatic carbocycles. The fraction of sp³-hybridized carbons (Fsp3) is 0.538. The molecule has 2 atom stereocenters. The summed E-state index contributed by atoms with van der Waals surface area (Å²) in [4.78, 5) is 2.31. The zero-order valence-electron chi connectivity index (χ0n) is 9.91. The molecule has 2 rings (SSSR count). The molecule has 0 amide bonds. The molecule has 3 heteroatoms. The molecule has 2 unspecified atom stereocenters. The Balaban J connectivity index is 2.18. The highest BCUT2D eigenvalue weighted by Crippen LogP contribution is 2.25. The number of hydrogen-bond donors (Lipinski definition) is 1. The fourth-order valence-electron chi connectivity index (χ4n) is 2.36. The molecular weight excluding hydrogens is 203 g/mol. The lowest BCUT2D eigenvalue weighted by atomic mass is 9.94. The van der Waals surface area contributed by atoms with E-state index in [0.717, 1.165) is 30.8 Å². The highest BCUT2D eigenvalue weighted by atomic mass is 19.1. The smallest absolute Gasteiger partial charge is 0.123 e. The van der Waals surface area contributed by atoms with Gasteiger partial charge in [-0.05, 0) is 43.0 Å². The summed E-state index contributed by atoms with van der Waals surface area (Å²) >= 11 is 0. The number of piperidine rings is 1. The molecule has 1 heterocycles. The number of aryl methyl sites for hydroxylation is 1. The highest BCUT2D eigenvalue weighted by Gasteiger charge is 2.23. The standard InChI is InChI=1S/C13H19FN2/c1-9-7-11(14)3-4-13(9)16-6-5-12(15)10(2)8-16/h3-4,7,10,12H,5-6,8,15H2,1-2H3. The third-order valence-corrected chi connectivity index (χ3v) is 3.47. The van der Waals surface area contributed by atoms with Gasteiger partial charge < -0.3 is 10.6 Å². The van der Waals surface area contributed by atoms with Crippen LogP contribution in [-0.2, 0) is 0 Å². The Labute approximate surface area is 96.2 Å². The van der Waals surface area contributed by atoms with Gasteiger partial charge in [-0.25, -0.2) is 4.39 Å². The van der Waals surface area contributed by atoms with E-state index < -0.39 is 0 Å². The Morgan fingerprint density at radius 1 is 1.44 bits per heavy atom. The fourth-order valence-corrected chi connectivity index (χ4v) is 2.36. The number of nitrogens with two attached hydrogens (primary N) is 1. The first-order chi connectivity index (χ1) is 7.58. The minimum atomic E-state index is -0.164. The van der Waals surface area contributed by atoms with Gasteiger partial charge in [-0.2, -0.15) is 0 Å². The SMILES string of the molecule is Cc1cc(F)ccc1N1CCC(N)C(C)C1. The normalized spacial score (nSPS) is 25.9. The van der Waals surface area contributed by atoms with Gasteiger partial charge in [-0.1, -0.05) is 6.92 Å². The minimum Gasteiger partial charge on any atom is -0.371 e. The van der Waals surface area contributed by atoms with E-state index in [2.05, 4.69) is 11.8 Å². The van der Waals surface area contributed by atoms with Gasteiger partial charge in [0.15, 0.2) is 0 Å². The third-order valence-electron chi connectivity index (χ3n) is 3.47. The van der Waals surface area contributed by atoms with Gasteiger partial charge in [0.1, 0.15) is 5.82 Å². The van der Waals surface area contributed by atoms with Crippen molar-refractivity contribution >= 4 is 5.69 Å². The van der Waals surface area contributed by atoms with Crippen LogP contribution in [0.4, 0.5) is 10.1 Å². The van der Waals surface area contributed by atoms with Crippen LogP contribution in [0.15, 0.2) is 18.2 Å². The Bertz CT molecular complexity index is 378. The second-order valence-corrected chi connectivity index (χ2v) is 4.81. The molecule has 2 N–H and O–H groups in total. The molecular formula is C13H19FN2. The molecule has 1 aromatic rings. The van der Waals surface area contributed by atoms with Crippen LogP contribution >= 0.6 is 0 Å². The zero-order valence-corrected chi connectivity index (χ0v) is 9.91. The molecule has 16 heavy (non-hydrogen) atoms. The Kier molecular flexibility index (Phi) is 3.15. The van der Waals surface area contributed by atoms with Crippen molar-refractivity contribution in [2.24, 2.45) is 11.7 Å². The summed E-state index contributed by atoms with van der Waals surface area (Å²) < 4.78 is 13.0. The quantitative estimate of drug-likeness (QED) is 0.790. The summed E-state index contributed by atoms with van der Waals surface area (Å²) in [6.07, 6.45) is 1.01. The van der Waals surface area contributed by atoms with E-state index >= 15 is 0 Å². The van der Waals surface area contributed by atoms with Crippen molar-refractivity contribution in [3.8, 4) is 0 Å². The van der Waals surface area contributed by atoms with Crippen molar-refractivity contribution in [3.63, 3.8) is 0 Å². The summed E-state index contributed by atoms with van der Waals surface area (Å²) in [6, 6.07) is 5.29. The molecule has 1 saturated heterocycles. The van der Waals surface area contributed by atoms with E-state index in [1.165, 1.54) is 6.07 Å². The predicted octanol–water partition coefficient (Wildman–Crippen LogP) is 2.31. The first-order valence-corrected chi connectivity index (χ1v) is 5.84. The monoisotopic (exact) mass is 222 g/mol. The first-order valence-electron chi connectivity index (χ1n) is 5.84. The minimum absolute atomic E-state index is 0.164. The molecule has 1 aromatic carbocycles. The van der Waals surface area contributed by atoms with Gasteiger partial charge in [0, 0.05) is 24.8 Å². The molecule has 88 valence electrons. The van der Waals surface area contributed by atoms with Gasteiger partial charge in [0.05, 0.1) is 0 Å². The predicted molar refractivity (Wildman–Crippen MR) is 65.1 cm³/mol. The van der Waals surface area contributed by atoms with Crippen LogP contribution < -0.4 is 10.6 Å². The van der Waals surface area contributed by atoms with Crippen LogP contribution in [-0.4, -0.2) is 19.1 Å². The van der Waals surface area contributed by atoms with Gasteiger partial charge in [-0.3, -0.25) is 0 Å². The molecule has 1 aliphatic heterocycles. The van der Waals surface area contributed by atoms with Crippen molar-refractivity contribution in [3.05, 3.63) is 29.6 Å². The van der Waals surface area contributed by atoms with Crippen LogP contribution in [0.1, 0.15) is 18.9 Å². The first kappa shape index (κ1) is 11.4. The number of benzene rings is 1. The van der Waals surface area contributed by atoms with Crippen molar-refractivity contribution in [1.29, 1.82) is 0 Å². The number of rotatable bonds is 1. The average Bonchev–Trinajstić information content (AvgIpc) is 2.22. The Hall–Kier alpha value is -1.09. The lowest BCUT2D eigenvalue weighted by molar-refractivity contribution is 0.382. The second kappa shape index (κ2) is 4.42. The zero-order chi connectivity index (χ0) is 11.7. The third kappa shape index (κ3) is 2.19. The summed E-state index contributed by atoms with van der Waals surface area (Å²) in [5.74, 6) is 0.334. The van der Waals surface area contributed by atoms with Crippen molar-refractivity contribution in [2.45, 2.75) is 26.3 Å². The van der Waals surface area contributed by atoms with E-state index in [9.17, 15) is 4.39 Å². The van der Waals surface area contributed by atoms with Gasteiger partial charge >= 0.3 is 0 Å². The molecule has 0 saturated carbocycles. The lowest BCUT2D eigenvalue weighted by Crippen LogP contribution is -2.46. The van der Waals surface area contributed by atoms with Crippen LogP contribution in [0.25, 0.3) is 0 Å². The van der Waals surface area contributed by atoms with E-state index in [4.69, 9.17) is 5.73 Å². The van der Waals surface area contributed by atoms with E-state index in [0.29, 0.717) is 12.0 Å². The summed E-state index contributed by atoms with van der Waals surface area (Å²) in [5.41, 5.74) is 8.14. The number of anilines is 1. The van der Waals surface area contributed by atoms with E-state index in [1.54, 1.807) is 6.07 Å². The summed E-state index contributed by atoms with van der Waals surface area (Å²) in [6.45, 7) is 6.07.